The van der Waals surface area contributed by atoms with Crippen molar-refractivity contribution in [3.8, 4) is 0 Å². The van der Waals surface area contributed by atoms with E-state index in [9.17, 15) is 24.3 Å². The zero-order valence-corrected chi connectivity index (χ0v) is 18.5. The van der Waals surface area contributed by atoms with Gasteiger partial charge in [-0.3, -0.25) is 24.2 Å². The van der Waals surface area contributed by atoms with Gasteiger partial charge in [0.2, 0.25) is 11.8 Å². The lowest BCUT2D eigenvalue weighted by molar-refractivity contribution is -0.148. The summed E-state index contributed by atoms with van der Waals surface area (Å²) in [5, 5.41) is 15.8. The van der Waals surface area contributed by atoms with Gasteiger partial charge in [-0.2, -0.15) is 0 Å². The molecule has 174 valence electrons. The van der Waals surface area contributed by atoms with Crippen molar-refractivity contribution in [1.29, 1.82) is 0 Å². The highest BCUT2D eigenvalue weighted by atomic mass is 16.4. The third-order valence-corrected chi connectivity index (χ3v) is 5.23. The van der Waals surface area contributed by atoms with Crippen LogP contribution in [0.1, 0.15) is 45.1 Å². The largest absolute Gasteiger partial charge is 0.480 e. The number of hydrogen-bond acceptors (Lipinski definition) is 5. The van der Waals surface area contributed by atoms with Crippen LogP contribution in [0.15, 0.2) is 42.5 Å². The zero-order valence-electron chi connectivity index (χ0n) is 18.5. The number of carboxylic acid groups (broad SMARTS) is 1. The Bertz CT molecular complexity index is 827. The van der Waals surface area contributed by atoms with Crippen molar-refractivity contribution in [2.75, 3.05) is 6.54 Å². The van der Waals surface area contributed by atoms with Crippen LogP contribution in [0.4, 0.5) is 0 Å². The average molecular weight is 445 g/mol. The molecule has 4 N–H and O–H groups in total. The van der Waals surface area contributed by atoms with E-state index >= 15 is 0 Å². The van der Waals surface area contributed by atoms with Crippen molar-refractivity contribution in [3.05, 3.63) is 48.0 Å². The number of aliphatic carboxylic acids is 1. The summed E-state index contributed by atoms with van der Waals surface area (Å²) in [7, 11) is 0. The first-order valence-corrected chi connectivity index (χ1v) is 10.9. The van der Waals surface area contributed by atoms with Crippen LogP contribution in [0.5, 0.6) is 0 Å². The Hall–Kier alpha value is -3.20. The van der Waals surface area contributed by atoms with Gasteiger partial charge in [-0.15, -0.1) is 0 Å². The first kappa shape index (κ1) is 25.1. The van der Waals surface area contributed by atoms with Gasteiger partial charge >= 0.3 is 5.97 Å². The quantitative estimate of drug-likeness (QED) is 0.401. The van der Waals surface area contributed by atoms with Gasteiger partial charge in [-0.1, -0.05) is 42.5 Å². The Balaban J connectivity index is 2.00. The van der Waals surface area contributed by atoms with Crippen LogP contribution in [-0.4, -0.2) is 58.5 Å². The summed E-state index contributed by atoms with van der Waals surface area (Å²) in [5.41, 5.74) is 3.73. The van der Waals surface area contributed by atoms with Crippen LogP contribution >= 0.6 is 0 Å². The third-order valence-electron chi connectivity index (χ3n) is 5.23. The van der Waals surface area contributed by atoms with Gasteiger partial charge in [0.15, 0.2) is 0 Å². The molecule has 32 heavy (non-hydrogen) atoms. The maximum atomic E-state index is 12.9. The van der Waals surface area contributed by atoms with Crippen molar-refractivity contribution in [2.45, 2.75) is 64.1 Å². The number of carboxylic acids is 1. The van der Waals surface area contributed by atoms with Crippen molar-refractivity contribution in [1.82, 2.24) is 21.1 Å². The number of benzene rings is 1. The molecule has 1 saturated heterocycles. The van der Waals surface area contributed by atoms with Crippen LogP contribution in [0.25, 0.3) is 0 Å². The molecule has 0 aromatic heterocycles. The van der Waals surface area contributed by atoms with E-state index in [1.165, 1.54) is 5.01 Å². The fourth-order valence-electron chi connectivity index (χ4n) is 3.44. The molecule has 0 saturated carbocycles. The predicted octanol–water partition coefficient (Wildman–Crippen LogP) is 1.16. The number of carbonyl (C=O) groups is 4. The van der Waals surface area contributed by atoms with Crippen molar-refractivity contribution >= 4 is 23.7 Å². The summed E-state index contributed by atoms with van der Waals surface area (Å²) in [5.74, 6) is -2.19. The molecule has 1 aromatic rings. The summed E-state index contributed by atoms with van der Waals surface area (Å²) in [4.78, 5) is 49.1. The van der Waals surface area contributed by atoms with Crippen molar-refractivity contribution < 1.29 is 24.3 Å². The smallest absolute Gasteiger partial charge is 0.322 e. The Morgan fingerprint density at radius 3 is 2.59 bits per heavy atom. The molecule has 3 atom stereocenters. The number of aryl methyl sites for hydroxylation is 1. The first-order valence-electron chi connectivity index (χ1n) is 10.9. The second kappa shape index (κ2) is 12.6. The molecule has 1 unspecified atom stereocenters. The molecule has 0 aliphatic carbocycles. The Morgan fingerprint density at radius 2 is 1.94 bits per heavy atom. The molecule has 1 aliphatic rings. The molecule has 3 amide bonds. The van der Waals surface area contributed by atoms with E-state index in [2.05, 4.69) is 16.1 Å². The number of carbonyl (C=O) groups excluding carboxylic acids is 3. The molecule has 1 fully saturated rings. The summed E-state index contributed by atoms with van der Waals surface area (Å²) >= 11 is 0. The van der Waals surface area contributed by atoms with E-state index in [1.54, 1.807) is 19.1 Å². The topological polar surface area (TPSA) is 128 Å². The number of allylic oxidation sites excluding steroid dienone is 1. The molecule has 0 radical (unpaired) electrons. The van der Waals surface area contributed by atoms with Gasteiger partial charge in [-0.05, 0) is 45.1 Å². The highest BCUT2D eigenvalue weighted by Crippen LogP contribution is 2.10. The summed E-state index contributed by atoms with van der Waals surface area (Å²) in [6, 6.07) is 7.10. The Labute approximate surface area is 188 Å². The number of hydrogen-bond donors (Lipinski definition) is 4. The van der Waals surface area contributed by atoms with Crippen LogP contribution in [0, 0.1) is 0 Å². The Kier molecular flexibility index (Phi) is 9.87. The lowest BCUT2D eigenvalue weighted by atomic mass is 10.0. The number of amides is 3. The minimum atomic E-state index is -1.02. The van der Waals surface area contributed by atoms with E-state index in [4.69, 9.17) is 0 Å². The first-order chi connectivity index (χ1) is 15.3. The molecular formula is C23H32N4O5. The SMILES string of the molecule is C/C=C/CC(=O)N[C@@H](CCc1ccccc1)C(=O)N[C@@H](C)C(=O)N1CCCC(C(=O)O)N1. The van der Waals surface area contributed by atoms with Crippen molar-refractivity contribution in [3.63, 3.8) is 0 Å². The van der Waals surface area contributed by atoms with Crippen LogP contribution in [0.2, 0.25) is 0 Å². The highest BCUT2D eigenvalue weighted by Gasteiger charge is 2.31. The predicted molar refractivity (Wildman–Crippen MR) is 119 cm³/mol. The fraction of sp³-hybridized carbons (Fsp3) is 0.478. The number of nitrogens with zero attached hydrogens (tertiary/aromatic N) is 1. The normalized spacial score (nSPS) is 18.1. The fourth-order valence-corrected chi connectivity index (χ4v) is 3.44. The van der Waals surface area contributed by atoms with Gasteiger partial charge < -0.3 is 15.7 Å². The molecule has 9 heteroatoms. The Morgan fingerprint density at radius 1 is 1.22 bits per heavy atom. The van der Waals surface area contributed by atoms with Gasteiger partial charge in [0, 0.05) is 13.0 Å². The average Bonchev–Trinajstić information content (AvgIpc) is 2.80. The maximum Gasteiger partial charge on any atom is 0.322 e. The number of nitrogens with one attached hydrogen (secondary N) is 3. The van der Waals surface area contributed by atoms with Gasteiger partial charge in [-0.25, -0.2) is 5.43 Å². The molecule has 0 spiro atoms. The van der Waals surface area contributed by atoms with E-state index in [-0.39, 0.29) is 12.3 Å². The summed E-state index contributed by atoms with van der Waals surface area (Å²) < 4.78 is 0. The van der Waals surface area contributed by atoms with Crippen molar-refractivity contribution in [2.24, 2.45) is 0 Å². The maximum absolute atomic E-state index is 12.9. The molecule has 2 rings (SSSR count). The van der Waals surface area contributed by atoms with Gasteiger partial charge in [0.1, 0.15) is 18.1 Å². The monoisotopic (exact) mass is 444 g/mol. The van der Waals surface area contributed by atoms with Crippen LogP contribution in [0.3, 0.4) is 0 Å². The molecule has 1 heterocycles. The van der Waals surface area contributed by atoms with E-state index < -0.39 is 35.9 Å². The molecule has 0 bridgehead atoms. The number of hydrazine groups is 1. The minimum absolute atomic E-state index is 0.161. The lowest BCUT2D eigenvalue weighted by Gasteiger charge is -2.33. The zero-order chi connectivity index (χ0) is 23.5. The van der Waals surface area contributed by atoms with E-state index in [1.807, 2.05) is 37.3 Å². The molecular weight excluding hydrogens is 412 g/mol. The highest BCUT2D eigenvalue weighted by molar-refractivity contribution is 5.92. The minimum Gasteiger partial charge on any atom is -0.480 e. The lowest BCUT2D eigenvalue weighted by Crippen LogP contribution is -2.60. The van der Waals surface area contributed by atoms with E-state index in [0.717, 1.165) is 5.56 Å². The van der Waals surface area contributed by atoms with Gasteiger partial charge in [0.25, 0.3) is 5.91 Å². The summed E-state index contributed by atoms with van der Waals surface area (Å²) in [6.07, 6.45) is 5.57. The molecule has 9 nitrogen and oxygen atoms in total. The third kappa shape index (κ3) is 7.81. The molecule has 1 aliphatic heterocycles. The van der Waals surface area contributed by atoms with Crippen LogP contribution in [-0.2, 0) is 25.6 Å². The second-order valence-corrected chi connectivity index (χ2v) is 7.80. The second-order valence-electron chi connectivity index (χ2n) is 7.80. The van der Waals surface area contributed by atoms with Crippen LogP contribution < -0.4 is 16.1 Å². The molecule has 1 aromatic carbocycles. The standard InChI is InChI=1S/C23H32N4O5/c1-3-4-12-20(28)25-18(14-13-17-9-6-5-7-10-17)21(29)24-16(2)22(30)27-15-8-11-19(26-27)23(31)32/h3-7,9-10,16,18-19,26H,8,11-15H2,1-2H3,(H,24,29)(H,25,28)(H,31,32)/b4-3+/t16-,18-,19?/m0/s1. The van der Waals surface area contributed by atoms with E-state index in [0.29, 0.717) is 32.2 Å². The van der Waals surface area contributed by atoms with Gasteiger partial charge in [0.05, 0.1) is 0 Å². The number of rotatable bonds is 10. The summed E-state index contributed by atoms with van der Waals surface area (Å²) in [6.45, 7) is 3.71.